The molecule has 1 fully saturated rings. The van der Waals surface area contributed by atoms with E-state index in [0.29, 0.717) is 29.6 Å². The van der Waals surface area contributed by atoms with Crippen molar-refractivity contribution < 1.29 is 22.7 Å². The Bertz CT molecular complexity index is 1120. The van der Waals surface area contributed by atoms with Crippen LogP contribution in [0.15, 0.2) is 35.2 Å². The average molecular weight is 476 g/mol. The second-order valence-electron chi connectivity index (χ2n) is 9.08. The Morgan fingerprint density at radius 1 is 1.15 bits per heavy atom. The molecule has 0 radical (unpaired) electrons. The molecule has 3 atom stereocenters. The van der Waals surface area contributed by atoms with Crippen LogP contribution in [0.3, 0.4) is 0 Å². The van der Waals surface area contributed by atoms with Gasteiger partial charge in [-0.15, -0.1) is 0 Å². The average Bonchev–Trinajstić information content (AvgIpc) is 3.03. The van der Waals surface area contributed by atoms with Gasteiger partial charge in [0.1, 0.15) is 0 Å². The number of nitrogens with two attached hydrogens (primary N) is 1. The first-order chi connectivity index (χ1) is 15.5. The van der Waals surface area contributed by atoms with E-state index in [-0.39, 0.29) is 23.5 Å². The fraction of sp³-hybridized carbons (Fsp3) is 0.500. The first kappa shape index (κ1) is 25.0. The van der Waals surface area contributed by atoms with Crippen molar-refractivity contribution in [1.82, 2.24) is 9.88 Å². The molecule has 3 unspecified atom stereocenters. The number of amides is 1. The van der Waals surface area contributed by atoms with Crippen LogP contribution < -0.4 is 10.5 Å². The van der Waals surface area contributed by atoms with Gasteiger partial charge in [-0.2, -0.15) is 0 Å². The molecule has 180 valence electrons. The van der Waals surface area contributed by atoms with Crippen molar-refractivity contribution in [2.45, 2.75) is 64.4 Å². The smallest absolute Gasteiger partial charge is 0.340 e. The Morgan fingerprint density at radius 3 is 2.45 bits per heavy atom. The summed E-state index contributed by atoms with van der Waals surface area (Å²) in [7, 11) is -3.75. The number of nitrogens with zero attached hydrogens (tertiary/aromatic N) is 1. The molecule has 1 saturated carbocycles. The number of primary sulfonamides is 1. The van der Waals surface area contributed by atoms with Gasteiger partial charge in [0.2, 0.25) is 10.0 Å². The van der Waals surface area contributed by atoms with Crippen LogP contribution >= 0.6 is 0 Å². The monoisotopic (exact) mass is 475 g/mol. The molecule has 0 bridgehead atoms. The lowest BCUT2D eigenvalue weighted by Crippen LogP contribution is -2.45. The zero-order valence-corrected chi connectivity index (χ0v) is 20.4. The highest BCUT2D eigenvalue weighted by atomic mass is 32.2. The highest BCUT2D eigenvalue weighted by molar-refractivity contribution is 7.89. The molecule has 3 rings (SSSR count). The Kier molecular flexibility index (Phi) is 7.64. The molecule has 3 N–H and O–H groups in total. The van der Waals surface area contributed by atoms with Gasteiger partial charge in [-0.1, -0.05) is 38.8 Å². The summed E-state index contributed by atoms with van der Waals surface area (Å²) >= 11 is 0. The number of benzene rings is 1. The van der Waals surface area contributed by atoms with E-state index in [2.05, 4.69) is 19.2 Å². The van der Waals surface area contributed by atoms with Crippen LogP contribution in [0.1, 0.15) is 60.4 Å². The van der Waals surface area contributed by atoms with Gasteiger partial charge in [0, 0.05) is 24.0 Å². The molecular formula is C24H33N3O5S. The molecule has 2 aromatic rings. The maximum absolute atomic E-state index is 12.7. The standard InChI is InChI=1S/C24H33N3O5S/c1-15-6-5-7-22(17(15)3)26-23(28)14-32-24(29)21-12-16(2)27(18(21)4)13-19-8-10-20(11-9-19)33(25,30)31/h8-12,15,17,22H,5-7,13-14H2,1-4H3,(H,26,28)(H2,25,30,31). The van der Waals surface area contributed by atoms with Crippen molar-refractivity contribution in [3.05, 3.63) is 52.8 Å². The van der Waals surface area contributed by atoms with Gasteiger partial charge < -0.3 is 14.6 Å². The zero-order valence-electron chi connectivity index (χ0n) is 19.6. The lowest BCUT2D eigenvalue weighted by Gasteiger charge is -2.34. The first-order valence-corrected chi connectivity index (χ1v) is 12.8. The second-order valence-corrected chi connectivity index (χ2v) is 10.6. The number of sulfonamides is 1. The third kappa shape index (κ3) is 6.03. The van der Waals surface area contributed by atoms with Crippen LogP contribution in [-0.4, -0.2) is 37.5 Å². The number of hydrogen-bond donors (Lipinski definition) is 2. The van der Waals surface area contributed by atoms with Gasteiger partial charge in [0.05, 0.1) is 10.5 Å². The molecule has 9 heteroatoms. The lowest BCUT2D eigenvalue weighted by atomic mass is 9.78. The van der Waals surface area contributed by atoms with Crippen molar-refractivity contribution in [2.75, 3.05) is 6.61 Å². The predicted molar refractivity (Wildman–Crippen MR) is 125 cm³/mol. The van der Waals surface area contributed by atoms with Crippen molar-refractivity contribution >= 4 is 21.9 Å². The zero-order chi connectivity index (χ0) is 24.3. The first-order valence-electron chi connectivity index (χ1n) is 11.2. The van der Waals surface area contributed by atoms with Crippen molar-refractivity contribution in [1.29, 1.82) is 0 Å². The molecular weight excluding hydrogens is 442 g/mol. The number of carbonyl (C=O) groups excluding carboxylic acids is 2. The van der Waals surface area contributed by atoms with E-state index in [0.717, 1.165) is 24.1 Å². The minimum atomic E-state index is -3.75. The maximum atomic E-state index is 12.7. The summed E-state index contributed by atoms with van der Waals surface area (Å²) in [5.41, 5.74) is 2.83. The normalized spacial score (nSPS) is 20.9. The van der Waals surface area contributed by atoms with Crippen LogP contribution in [0.4, 0.5) is 0 Å². The number of ether oxygens (including phenoxy) is 1. The van der Waals surface area contributed by atoms with Crippen LogP contribution in [0.25, 0.3) is 0 Å². The summed E-state index contributed by atoms with van der Waals surface area (Å²) in [6.45, 7) is 8.18. The molecule has 1 aliphatic rings. The molecule has 0 aliphatic heterocycles. The highest BCUT2D eigenvalue weighted by Crippen LogP contribution is 2.29. The Hall–Kier alpha value is -2.65. The number of aryl methyl sites for hydroxylation is 1. The Balaban J connectivity index is 1.61. The molecule has 0 spiro atoms. The summed E-state index contributed by atoms with van der Waals surface area (Å²) in [4.78, 5) is 25.1. The number of carbonyl (C=O) groups is 2. The van der Waals surface area contributed by atoms with Crippen LogP contribution in [0, 0.1) is 25.7 Å². The van der Waals surface area contributed by atoms with E-state index in [1.54, 1.807) is 18.2 Å². The molecule has 8 nitrogen and oxygen atoms in total. The highest BCUT2D eigenvalue weighted by Gasteiger charge is 2.28. The SMILES string of the molecule is Cc1cc(C(=O)OCC(=O)NC2CCCC(C)C2C)c(C)n1Cc1ccc(S(N)(=O)=O)cc1. The lowest BCUT2D eigenvalue weighted by molar-refractivity contribution is -0.125. The molecule has 1 aliphatic carbocycles. The van der Waals surface area contributed by atoms with E-state index in [1.165, 1.54) is 18.6 Å². The molecule has 1 amide bonds. The van der Waals surface area contributed by atoms with Gasteiger partial charge >= 0.3 is 5.97 Å². The topological polar surface area (TPSA) is 120 Å². The molecule has 1 heterocycles. The van der Waals surface area contributed by atoms with Gasteiger partial charge in [0.15, 0.2) is 6.61 Å². The van der Waals surface area contributed by atoms with Crippen LogP contribution in [0.5, 0.6) is 0 Å². The van der Waals surface area contributed by atoms with Gasteiger partial charge in [-0.25, -0.2) is 18.4 Å². The fourth-order valence-electron chi connectivity index (χ4n) is 4.46. The molecule has 33 heavy (non-hydrogen) atoms. The van der Waals surface area contributed by atoms with E-state index < -0.39 is 16.0 Å². The number of aromatic nitrogens is 1. The van der Waals surface area contributed by atoms with Crippen molar-refractivity contribution in [2.24, 2.45) is 17.0 Å². The summed E-state index contributed by atoms with van der Waals surface area (Å²) in [5, 5.41) is 8.16. The van der Waals surface area contributed by atoms with Gasteiger partial charge in [-0.3, -0.25) is 4.79 Å². The quantitative estimate of drug-likeness (QED) is 0.597. The third-order valence-electron chi connectivity index (χ3n) is 6.77. The van der Waals surface area contributed by atoms with Gasteiger partial charge in [0.25, 0.3) is 5.91 Å². The van der Waals surface area contributed by atoms with Crippen molar-refractivity contribution in [3.63, 3.8) is 0 Å². The Morgan fingerprint density at radius 2 is 1.82 bits per heavy atom. The Labute approximate surface area is 195 Å². The van der Waals surface area contributed by atoms with E-state index in [4.69, 9.17) is 9.88 Å². The maximum Gasteiger partial charge on any atom is 0.340 e. The van der Waals surface area contributed by atoms with E-state index in [1.807, 2.05) is 18.4 Å². The number of rotatable bonds is 7. The van der Waals surface area contributed by atoms with E-state index in [9.17, 15) is 18.0 Å². The summed E-state index contributed by atoms with van der Waals surface area (Å²) in [6, 6.07) is 8.15. The van der Waals surface area contributed by atoms with Crippen molar-refractivity contribution in [3.8, 4) is 0 Å². The summed E-state index contributed by atoms with van der Waals surface area (Å²) in [5.74, 6) is 0.140. The summed E-state index contributed by atoms with van der Waals surface area (Å²) < 4.78 is 30.1. The van der Waals surface area contributed by atoms with Gasteiger partial charge in [-0.05, 0) is 55.9 Å². The minimum absolute atomic E-state index is 0.0480. The third-order valence-corrected chi connectivity index (χ3v) is 7.70. The minimum Gasteiger partial charge on any atom is -0.452 e. The number of esters is 1. The van der Waals surface area contributed by atoms with Crippen LogP contribution in [0.2, 0.25) is 0 Å². The van der Waals surface area contributed by atoms with E-state index >= 15 is 0 Å². The second kappa shape index (κ2) is 10.1. The fourth-order valence-corrected chi connectivity index (χ4v) is 4.98. The summed E-state index contributed by atoms with van der Waals surface area (Å²) in [6.07, 6.45) is 3.21. The molecule has 1 aromatic carbocycles. The molecule has 0 saturated heterocycles. The molecule has 1 aromatic heterocycles. The predicted octanol–water partition coefficient (Wildman–Crippen LogP) is 2.90. The number of nitrogens with one attached hydrogen (secondary N) is 1. The number of hydrogen-bond acceptors (Lipinski definition) is 5. The van der Waals surface area contributed by atoms with Crippen LogP contribution in [-0.2, 0) is 26.1 Å². The largest absolute Gasteiger partial charge is 0.452 e.